The predicted octanol–water partition coefficient (Wildman–Crippen LogP) is 3.75. The summed E-state index contributed by atoms with van der Waals surface area (Å²) in [5, 5.41) is 11.9. The first-order chi connectivity index (χ1) is 14.6. The smallest absolute Gasteiger partial charge is 0.408 e. The quantitative estimate of drug-likeness (QED) is 0.649. The monoisotopic (exact) mass is 404 g/mol. The van der Waals surface area contributed by atoms with Gasteiger partial charge in [0.05, 0.1) is 7.11 Å². The van der Waals surface area contributed by atoms with E-state index >= 15 is 0 Å². The van der Waals surface area contributed by atoms with Crippen molar-refractivity contribution in [2.24, 2.45) is 0 Å². The molecule has 0 aliphatic heterocycles. The van der Waals surface area contributed by atoms with Crippen LogP contribution in [-0.4, -0.2) is 35.9 Å². The van der Waals surface area contributed by atoms with Crippen molar-refractivity contribution in [3.8, 4) is 17.0 Å². The van der Waals surface area contributed by atoms with Crippen LogP contribution in [0.25, 0.3) is 11.1 Å². The molecule has 1 amide bonds. The van der Waals surface area contributed by atoms with Crippen molar-refractivity contribution in [1.82, 2.24) is 10.3 Å². The van der Waals surface area contributed by atoms with Crippen molar-refractivity contribution >= 4 is 12.1 Å². The highest BCUT2D eigenvalue weighted by atomic mass is 16.5. The van der Waals surface area contributed by atoms with Crippen molar-refractivity contribution < 1.29 is 24.2 Å². The number of pyridine rings is 1. The van der Waals surface area contributed by atoms with E-state index in [0.29, 0.717) is 11.4 Å². The number of fused-ring (bicyclic) bond motifs is 3. The van der Waals surface area contributed by atoms with Crippen molar-refractivity contribution in [2.75, 3.05) is 13.7 Å². The fourth-order valence-corrected chi connectivity index (χ4v) is 3.73. The highest BCUT2D eigenvalue weighted by Crippen LogP contribution is 2.44. The summed E-state index contributed by atoms with van der Waals surface area (Å²) in [6, 6.07) is 17.8. The Labute approximate surface area is 173 Å². The Balaban J connectivity index is 1.47. The maximum absolute atomic E-state index is 12.4. The van der Waals surface area contributed by atoms with E-state index < -0.39 is 18.1 Å². The summed E-state index contributed by atoms with van der Waals surface area (Å²) in [7, 11) is 1.46. The SMILES string of the molecule is COc1ccc(C(NC(=O)OCC2c3ccccc3-c3ccccc32)C(=O)O)cn1. The molecule has 1 aromatic heterocycles. The average Bonchev–Trinajstić information content (AvgIpc) is 3.10. The lowest BCUT2D eigenvalue weighted by atomic mass is 9.98. The van der Waals surface area contributed by atoms with Gasteiger partial charge in [0.1, 0.15) is 6.61 Å². The molecule has 1 aliphatic rings. The number of amides is 1. The molecule has 0 saturated carbocycles. The maximum Gasteiger partial charge on any atom is 0.408 e. The van der Waals surface area contributed by atoms with E-state index in [9.17, 15) is 14.7 Å². The second-order valence-electron chi connectivity index (χ2n) is 6.88. The zero-order chi connectivity index (χ0) is 21.1. The van der Waals surface area contributed by atoms with Crippen molar-refractivity contribution in [1.29, 1.82) is 0 Å². The second kappa shape index (κ2) is 8.24. The fourth-order valence-electron chi connectivity index (χ4n) is 3.73. The van der Waals surface area contributed by atoms with Crippen LogP contribution in [0.5, 0.6) is 5.88 Å². The van der Waals surface area contributed by atoms with Gasteiger partial charge in [0.15, 0.2) is 6.04 Å². The Bertz CT molecular complexity index is 1040. The second-order valence-corrected chi connectivity index (χ2v) is 6.88. The molecular formula is C23H20N2O5. The molecule has 0 radical (unpaired) electrons. The van der Waals surface area contributed by atoms with E-state index in [1.54, 1.807) is 0 Å². The van der Waals surface area contributed by atoms with Gasteiger partial charge in [-0.2, -0.15) is 0 Å². The number of ether oxygens (including phenoxy) is 2. The third-order valence-electron chi connectivity index (χ3n) is 5.15. The summed E-state index contributed by atoms with van der Waals surface area (Å²) >= 11 is 0. The zero-order valence-corrected chi connectivity index (χ0v) is 16.2. The molecule has 0 bridgehead atoms. The van der Waals surface area contributed by atoms with Crippen molar-refractivity contribution in [2.45, 2.75) is 12.0 Å². The van der Waals surface area contributed by atoms with Crippen LogP contribution in [0.1, 0.15) is 28.7 Å². The fraction of sp³-hybridized carbons (Fsp3) is 0.174. The molecule has 7 nitrogen and oxygen atoms in total. The van der Waals surface area contributed by atoms with E-state index in [0.717, 1.165) is 22.3 Å². The first-order valence-corrected chi connectivity index (χ1v) is 9.42. The summed E-state index contributed by atoms with van der Waals surface area (Å²) in [5.74, 6) is -0.964. The molecule has 3 aromatic rings. The number of hydrogen-bond acceptors (Lipinski definition) is 5. The van der Waals surface area contributed by atoms with Crippen LogP contribution in [0.4, 0.5) is 4.79 Å². The highest BCUT2D eigenvalue weighted by molar-refractivity contribution is 5.82. The van der Waals surface area contributed by atoms with Gasteiger partial charge in [-0.3, -0.25) is 0 Å². The minimum absolute atomic E-state index is 0.103. The summed E-state index contributed by atoms with van der Waals surface area (Å²) in [5.41, 5.74) is 4.72. The van der Waals surface area contributed by atoms with Crippen LogP contribution < -0.4 is 10.1 Å². The Hall–Kier alpha value is -3.87. The van der Waals surface area contributed by atoms with Crippen LogP contribution in [0, 0.1) is 0 Å². The molecule has 2 N–H and O–H groups in total. The number of alkyl carbamates (subject to hydrolysis) is 1. The Morgan fingerprint density at radius 1 is 1.03 bits per heavy atom. The highest BCUT2D eigenvalue weighted by Gasteiger charge is 2.30. The number of aliphatic carboxylic acids is 1. The number of hydrogen-bond donors (Lipinski definition) is 2. The Morgan fingerprint density at radius 2 is 1.67 bits per heavy atom. The van der Waals surface area contributed by atoms with Crippen LogP contribution >= 0.6 is 0 Å². The number of benzene rings is 2. The molecule has 30 heavy (non-hydrogen) atoms. The number of carbonyl (C=O) groups is 2. The van der Waals surface area contributed by atoms with E-state index in [2.05, 4.69) is 10.3 Å². The van der Waals surface area contributed by atoms with Gasteiger partial charge in [0.25, 0.3) is 0 Å². The number of carbonyl (C=O) groups excluding carboxylic acids is 1. The largest absolute Gasteiger partial charge is 0.481 e. The van der Waals surface area contributed by atoms with E-state index in [-0.39, 0.29) is 12.5 Å². The molecule has 1 aliphatic carbocycles. The third-order valence-corrected chi connectivity index (χ3v) is 5.15. The summed E-state index contributed by atoms with van der Waals surface area (Å²) in [6.07, 6.45) is 0.543. The average molecular weight is 404 g/mol. The van der Waals surface area contributed by atoms with Gasteiger partial charge in [-0.25, -0.2) is 14.6 Å². The van der Waals surface area contributed by atoms with Gasteiger partial charge in [0.2, 0.25) is 5.88 Å². The van der Waals surface area contributed by atoms with Gasteiger partial charge in [-0.1, -0.05) is 48.5 Å². The van der Waals surface area contributed by atoms with E-state index in [1.807, 2.05) is 48.5 Å². The standard InChI is InChI=1S/C23H20N2O5/c1-29-20-11-10-14(12-24-20)21(22(26)27)25-23(28)30-13-19-17-8-4-2-6-15(17)16-7-3-5-9-18(16)19/h2-12,19,21H,13H2,1H3,(H,25,28)(H,26,27). The maximum atomic E-state index is 12.4. The number of carboxylic acids is 1. The van der Waals surface area contributed by atoms with E-state index in [4.69, 9.17) is 9.47 Å². The van der Waals surface area contributed by atoms with Gasteiger partial charge in [-0.15, -0.1) is 0 Å². The normalized spacial score (nSPS) is 13.1. The molecule has 1 heterocycles. The molecule has 0 spiro atoms. The molecule has 7 heteroatoms. The van der Waals surface area contributed by atoms with Gasteiger partial charge < -0.3 is 19.9 Å². The molecule has 4 rings (SSSR count). The van der Waals surface area contributed by atoms with Crippen LogP contribution in [0.2, 0.25) is 0 Å². The van der Waals surface area contributed by atoms with Gasteiger partial charge >= 0.3 is 12.1 Å². The molecule has 0 fully saturated rings. The lowest BCUT2D eigenvalue weighted by Gasteiger charge is -2.17. The molecule has 0 saturated heterocycles. The number of methoxy groups -OCH3 is 1. The van der Waals surface area contributed by atoms with Crippen LogP contribution in [-0.2, 0) is 9.53 Å². The first-order valence-electron chi connectivity index (χ1n) is 9.42. The van der Waals surface area contributed by atoms with Crippen molar-refractivity contribution in [3.63, 3.8) is 0 Å². The lowest BCUT2D eigenvalue weighted by Crippen LogP contribution is -2.34. The number of aromatic nitrogens is 1. The topological polar surface area (TPSA) is 97.8 Å². The van der Waals surface area contributed by atoms with Crippen molar-refractivity contribution in [3.05, 3.63) is 83.6 Å². The number of nitrogens with zero attached hydrogens (tertiary/aromatic N) is 1. The number of nitrogens with one attached hydrogen (secondary N) is 1. The summed E-state index contributed by atoms with van der Waals surface area (Å²) < 4.78 is 10.4. The summed E-state index contributed by atoms with van der Waals surface area (Å²) in [4.78, 5) is 28.0. The number of rotatable bonds is 6. The Morgan fingerprint density at radius 3 is 2.20 bits per heavy atom. The minimum Gasteiger partial charge on any atom is -0.481 e. The molecule has 2 aromatic carbocycles. The summed E-state index contributed by atoms with van der Waals surface area (Å²) in [6.45, 7) is 0.104. The van der Waals surface area contributed by atoms with Gasteiger partial charge in [0, 0.05) is 23.7 Å². The zero-order valence-electron chi connectivity index (χ0n) is 16.2. The Kier molecular flexibility index (Phi) is 5.34. The third kappa shape index (κ3) is 3.69. The molecule has 152 valence electrons. The minimum atomic E-state index is -1.28. The predicted molar refractivity (Wildman–Crippen MR) is 109 cm³/mol. The number of carboxylic acid groups (broad SMARTS) is 1. The molecular weight excluding hydrogens is 384 g/mol. The van der Waals surface area contributed by atoms with Crippen LogP contribution in [0.15, 0.2) is 66.9 Å². The molecule has 1 unspecified atom stereocenters. The molecule has 1 atom stereocenters. The van der Waals surface area contributed by atoms with Gasteiger partial charge in [-0.05, 0) is 28.3 Å². The first kappa shape index (κ1) is 19.4. The van der Waals surface area contributed by atoms with Crippen LogP contribution in [0.3, 0.4) is 0 Å². The van der Waals surface area contributed by atoms with E-state index in [1.165, 1.54) is 25.4 Å². The lowest BCUT2D eigenvalue weighted by molar-refractivity contribution is -0.139.